The first-order valence-corrected chi connectivity index (χ1v) is 9.32. The molecule has 0 saturated carbocycles. The molecule has 1 aliphatic heterocycles. The first kappa shape index (κ1) is 19.0. The van der Waals surface area contributed by atoms with E-state index in [0.717, 1.165) is 24.2 Å². The van der Waals surface area contributed by atoms with Crippen molar-refractivity contribution in [2.75, 3.05) is 31.1 Å². The molecule has 0 aromatic heterocycles. The van der Waals surface area contributed by atoms with E-state index in [-0.39, 0.29) is 5.91 Å². The molecule has 1 unspecified atom stereocenters. The predicted octanol–water partition coefficient (Wildman–Crippen LogP) is 3.20. The van der Waals surface area contributed by atoms with Gasteiger partial charge >= 0.3 is 5.97 Å². The highest BCUT2D eigenvalue weighted by Gasteiger charge is 2.27. The quantitative estimate of drug-likeness (QED) is 0.780. The summed E-state index contributed by atoms with van der Waals surface area (Å²) in [6.07, 6.45) is -0.790. The first-order valence-electron chi connectivity index (χ1n) is 9.32. The van der Waals surface area contributed by atoms with Crippen LogP contribution in [-0.4, -0.2) is 49.1 Å². The van der Waals surface area contributed by atoms with E-state index in [2.05, 4.69) is 17.0 Å². The van der Waals surface area contributed by atoms with Crippen LogP contribution in [0.1, 0.15) is 28.4 Å². The number of carbonyl (C=O) groups is 2. The van der Waals surface area contributed by atoms with E-state index in [0.29, 0.717) is 18.7 Å². The van der Waals surface area contributed by atoms with Gasteiger partial charge in [0.25, 0.3) is 5.91 Å². The summed E-state index contributed by atoms with van der Waals surface area (Å²) in [6, 6.07) is 15.7. The minimum absolute atomic E-state index is 0.138. The Morgan fingerprint density at radius 3 is 2.26 bits per heavy atom. The molecule has 1 heterocycles. The van der Waals surface area contributed by atoms with Crippen LogP contribution in [-0.2, 0) is 9.53 Å². The zero-order chi connectivity index (χ0) is 19.4. The van der Waals surface area contributed by atoms with Gasteiger partial charge in [-0.25, -0.2) is 4.79 Å². The van der Waals surface area contributed by atoms with Crippen LogP contribution in [0.2, 0.25) is 0 Å². The smallest absolute Gasteiger partial charge is 0.339 e. The number of carbonyl (C=O) groups excluding carboxylic acids is 2. The maximum Gasteiger partial charge on any atom is 0.339 e. The van der Waals surface area contributed by atoms with Gasteiger partial charge in [0.05, 0.1) is 5.56 Å². The third-order valence-corrected chi connectivity index (χ3v) is 4.95. The average molecular weight is 366 g/mol. The third kappa shape index (κ3) is 4.48. The summed E-state index contributed by atoms with van der Waals surface area (Å²) in [4.78, 5) is 29.1. The van der Waals surface area contributed by atoms with E-state index < -0.39 is 12.1 Å². The van der Waals surface area contributed by atoms with E-state index in [1.54, 1.807) is 17.9 Å². The van der Waals surface area contributed by atoms with Crippen molar-refractivity contribution in [1.82, 2.24) is 4.90 Å². The van der Waals surface area contributed by atoms with E-state index in [1.807, 2.05) is 44.2 Å². The molecular weight excluding hydrogens is 340 g/mol. The summed E-state index contributed by atoms with van der Waals surface area (Å²) >= 11 is 0. The molecule has 5 heteroatoms. The fraction of sp³-hybridized carbons (Fsp3) is 0.364. The van der Waals surface area contributed by atoms with Gasteiger partial charge in [-0.2, -0.15) is 0 Å². The van der Waals surface area contributed by atoms with Crippen molar-refractivity contribution in [3.05, 3.63) is 65.2 Å². The number of aryl methyl sites for hydroxylation is 2. The van der Waals surface area contributed by atoms with Crippen LogP contribution in [0.3, 0.4) is 0 Å². The van der Waals surface area contributed by atoms with Gasteiger partial charge in [-0.3, -0.25) is 4.79 Å². The van der Waals surface area contributed by atoms with Crippen LogP contribution >= 0.6 is 0 Å². The number of ether oxygens (including phenoxy) is 1. The van der Waals surface area contributed by atoms with Crippen molar-refractivity contribution < 1.29 is 14.3 Å². The second-order valence-electron chi connectivity index (χ2n) is 7.01. The van der Waals surface area contributed by atoms with E-state index in [1.165, 1.54) is 5.69 Å². The Kier molecular flexibility index (Phi) is 5.79. The van der Waals surface area contributed by atoms with Gasteiger partial charge in [0.2, 0.25) is 0 Å². The predicted molar refractivity (Wildman–Crippen MR) is 106 cm³/mol. The van der Waals surface area contributed by atoms with Crippen molar-refractivity contribution in [3.63, 3.8) is 0 Å². The van der Waals surface area contributed by atoms with Crippen LogP contribution in [0.15, 0.2) is 48.5 Å². The Morgan fingerprint density at radius 2 is 1.63 bits per heavy atom. The Bertz CT molecular complexity index is 812. The van der Waals surface area contributed by atoms with Crippen LogP contribution < -0.4 is 4.90 Å². The molecule has 5 nitrogen and oxygen atoms in total. The fourth-order valence-corrected chi connectivity index (χ4v) is 3.40. The monoisotopic (exact) mass is 366 g/mol. The second kappa shape index (κ2) is 8.25. The van der Waals surface area contributed by atoms with Gasteiger partial charge < -0.3 is 14.5 Å². The maximum absolute atomic E-state index is 12.7. The Morgan fingerprint density at radius 1 is 0.963 bits per heavy atom. The molecule has 0 spiro atoms. The minimum atomic E-state index is -0.790. The number of nitrogens with zero attached hydrogens (tertiary/aromatic N) is 2. The lowest BCUT2D eigenvalue weighted by molar-refractivity contribution is -0.140. The van der Waals surface area contributed by atoms with Crippen LogP contribution in [0.4, 0.5) is 5.69 Å². The first-order chi connectivity index (χ1) is 13.0. The highest BCUT2D eigenvalue weighted by Crippen LogP contribution is 2.17. The van der Waals surface area contributed by atoms with Crippen LogP contribution in [0.25, 0.3) is 0 Å². The highest BCUT2D eigenvalue weighted by atomic mass is 16.5. The number of hydrogen-bond donors (Lipinski definition) is 0. The zero-order valence-corrected chi connectivity index (χ0v) is 16.1. The molecule has 1 amide bonds. The highest BCUT2D eigenvalue weighted by molar-refractivity contribution is 5.93. The van der Waals surface area contributed by atoms with Crippen molar-refractivity contribution >= 4 is 17.6 Å². The van der Waals surface area contributed by atoms with Gasteiger partial charge in [0.1, 0.15) is 0 Å². The largest absolute Gasteiger partial charge is 0.449 e. The number of benzene rings is 2. The van der Waals surface area contributed by atoms with Gasteiger partial charge in [0, 0.05) is 31.9 Å². The molecule has 142 valence electrons. The molecule has 0 N–H and O–H groups in total. The summed E-state index contributed by atoms with van der Waals surface area (Å²) in [7, 11) is 0. The second-order valence-corrected chi connectivity index (χ2v) is 7.01. The van der Waals surface area contributed by atoms with Gasteiger partial charge in [-0.1, -0.05) is 35.9 Å². The average Bonchev–Trinajstić information content (AvgIpc) is 2.68. The van der Waals surface area contributed by atoms with Crippen LogP contribution in [0, 0.1) is 13.8 Å². The molecule has 27 heavy (non-hydrogen) atoms. The maximum atomic E-state index is 12.7. The number of anilines is 1. The molecule has 0 radical (unpaired) electrons. The van der Waals surface area contributed by atoms with Gasteiger partial charge in [-0.15, -0.1) is 0 Å². The number of hydrogen-bond acceptors (Lipinski definition) is 4. The van der Waals surface area contributed by atoms with Crippen LogP contribution in [0.5, 0.6) is 0 Å². The Balaban J connectivity index is 1.55. The fourth-order valence-electron chi connectivity index (χ4n) is 3.40. The van der Waals surface area contributed by atoms with E-state index >= 15 is 0 Å². The molecule has 1 aliphatic rings. The number of para-hydroxylation sites is 1. The Hall–Kier alpha value is -2.82. The normalized spacial score (nSPS) is 15.4. The summed E-state index contributed by atoms with van der Waals surface area (Å²) < 4.78 is 5.44. The number of piperazine rings is 1. The van der Waals surface area contributed by atoms with Crippen molar-refractivity contribution in [1.29, 1.82) is 0 Å². The molecule has 0 aliphatic carbocycles. The van der Waals surface area contributed by atoms with Crippen molar-refractivity contribution in [2.45, 2.75) is 26.9 Å². The minimum Gasteiger partial charge on any atom is -0.449 e. The molecule has 1 saturated heterocycles. The lowest BCUT2D eigenvalue weighted by Gasteiger charge is -2.37. The lowest BCUT2D eigenvalue weighted by atomic mass is 10.1. The van der Waals surface area contributed by atoms with Crippen molar-refractivity contribution in [3.8, 4) is 0 Å². The lowest BCUT2D eigenvalue weighted by Crippen LogP contribution is -2.51. The van der Waals surface area contributed by atoms with Gasteiger partial charge in [0.15, 0.2) is 6.10 Å². The Labute approximate surface area is 160 Å². The summed E-state index contributed by atoms with van der Waals surface area (Å²) in [6.45, 7) is 8.29. The van der Waals surface area contributed by atoms with E-state index in [4.69, 9.17) is 4.74 Å². The molecule has 1 atom stereocenters. The number of amides is 1. The van der Waals surface area contributed by atoms with E-state index in [9.17, 15) is 9.59 Å². The molecule has 0 bridgehead atoms. The molecular formula is C22H26N2O3. The topological polar surface area (TPSA) is 49.9 Å². The molecule has 3 rings (SSSR count). The molecule has 2 aromatic carbocycles. The number of rotatable bonds is 4. The standard InChI is InChI=1S/C22H26N2O3/c1-16-9-10-20(17(2)15-16)22(26)27-18(3)21(25)24-13-11-23(12-14-24)19-7-5-4-6-8-19/h4-10,15,18H,11-14H2,1-3H3. The summed E-state index contributed by atoms with van der Waals surface area (Å²) in [5.74, 6) is -0.586. The number of esters is 1. The molecule has 2 aromatic rings. The van der Waals surface area contributed by atoms with Crippen molar-refractivity contribution in [2.24, 2.45) is 0 Å². The SMILES string of the molecule is Cc1ccc(C(=O)OC(C)C(=O)N2CCN(c3ccccc3)CC2)c(C)c1. The molecule has 1 fully saturated rings. The summed E-state index contributed by atoms with van der Waals surface area (Å²) in [5, 5.41) is 0. The van der Waals surface area contributed by atoms with Gasteiger partial charge in [-0.05, 0) is 44.5 Å². The zero-order valence-electron chi connectivity index (χ0n) is 16.1. The summed E-state index contributed by atoms with van der Waals surface area (Å²) in [5.41, 5.74) is 3.62. The third-order valence-electron chi connectivity index (χ3n) is 4.95.